The van der Waals surface area contributed by atoms with Gasteiger partial charge in [0.05, 0.1) is 28.7 Å². The summed E-state index contributed by atoms with van der Waals surface area (Å²) in [4.78, 5) is 23.2. The largest absolute Gasteiger partial charge is 0.494 e. The number of non-ortho nitro benzene ring substituents is 1. The molecule has 0 aliphatic rings. The molecule has 3 rings (SSSR count). The van der Waals surface area contributed by atoms with E-state index in [0.29, 0.717) is 16.3 Å². The molecule has 0 spiro atoms. The fourth-order valence-corrected chi connectivity index (χ4v) is 3.17. The number of nitro groups is 1. The third-order valence-corrected chi connectivity index (χ3v) is 4.70. The molecule has 0 saturated heterocycles. The third-order valence-electron chi connectivity index (χ3n) is 3.72. The number of amides is 1. The first kappa shape index (κ1) is 19.3. The number of nitrogens with one attached hydrogen (secondary N) is 1. The first-order valence-electron chi connectivity index (χ1n) is 8.06. The Kier molecular flexibility index (Phi) is 5.85. The van der Waals surface area contributed by atoms with E-state index in [0.717, 1.165) is 5.56 Å². The van der Waals surface area contributed by atoms with Gasteiger partial charge in [0.1, 0.15) is 23.9 Å². The Hall–Kier alpha value is -3.46. The van der Waals surface area contributed by atoms with Crippen LogP contribution in [0.4, 0.5) is 15.8 Å². The van der Waals surface area contributed by atoms with E-state index in [4.69, 9.17) is 9.47 Å². The molecule has 1 N–H and O–H groups in total. The van der Waals surface area contributed by atoms with Gasteiger partial charge in [0.2, 0.25) is 0 Å². The molecule has 0 bridgehead atoms. The molecule has 7 nitrogen and oxygen atoms in total. The summed E-state index contributed by atoms with van der Waals surface area (Å²) in [6.07, 6.45) is 0. The van der Waals surface area contributed by atoms with Crippen LogP contribution in [0.15, 0.2) is 53.9 Å². The van der Waals surface area contributed by atoms with E-state index in [1.807, 2.05) is 0 Å². The molecule has 1 amide bonds. The fourth-order valence-electron chi connectivity index (χ4n) is 2.37. The normalized spacial score (nSPS) is 10.4. The Morgan fingerprint density at radius 2 is 2.07 bits per heavy atom. The van der Waals surface area contributed by atoms with Crippen LogP contribution in [-0.4, -0.2) is 17.9 Å². The summed E-state index contributed by atoms with van der Waals surface area (Å²) < 4.78 is 23.8. The third kappa shape index (κ3) is 4.63. The zero-order valence-corrected chi connectivity index (χ0v) is 15.5. The topological polar surface area (TPSA) is 90.7 Å². The van der Waals surface area contributed by atoms with Gasteiger partial charge in [-0.3, -0.25) is 14.9 Å². The van der Waals surface area contributed by atoms with Crippen molar-refractivity contribution >= 4 is 28.6 Å². The first-order valence-corrected chi connectivity index (χ1v) is 8.94. The van der Waals surface area contributed by atoms with Crippen LogP contribution < -0.4 is 14.8 Å². The number of halogens is 1. The van der Waals surface area contributed by atoms with Gasteiger partial charge in [-0.15, -0.1) is 11.3 Å². The number of carbonyl (C=O) groups excluding carboxylic acids is 1. The monoisotopic (exact) mass is 402 g/mol. The van der Waals surface area contributed by atoms with Crippen LogP contribution in [0.2, 0.25) is 0 Å². The smallest absolute Gasteiger partial charge is 0.273 e. The van der Waals surface area contributed by atoms with Crippen LogP contribution in [-0.2, 0) is 6.61 Å². The van der Waals surface area contributed by atoms with Crippen LogP contribution in [0.25, 0.3) is 0 Å². The first-order chi connectivity index (χ1) is 13.5. The van der Waals surface area contributed by atoms with Crippen LogP contribution in [0.3, 0.4) is 0 Å². The predicted octanol–water partition coefficient (Wildman–Crippen LogP) is 4.64. The summed E-state index contributed by atoms with van der Waals surface area (Å²) in [5.74, 6) is -0.185. The van der Waals surface area contributed by atoms with Gasteiger partial charge in [-0.05, 0) is 29.6 Å². The zero-order chi connectivity index (χ0) is 20.1. The lowest BCUT2D eigenvalue weighted by Gasteiger charge is -2.09. The maximum Gasteiger partial charge on any atom is 0.273 e. The highest BCUT2D eigenvalue weighted by Crippen LogP contribution is 2.30. The van der Waals surface area contributed by atoms with E-state index in [-0.39, 0.29) is 29.8 Å². The molecule has 1 heterocycles. The van der Waals surface area contributed by atoms with Crippen LogP contribution in [0, 0.1) is 15.9 Å². The number of benzene rings is 2. The summed E-state index contributed by atoms with van der Waals surface area (Å²) in [5.41, 5.74) is 0.946. The van der Waals surface area contributed by atoms with E-state index in [1.54, 1.807) is 23.6 Å². The van der Waals surface area contributed by atoms with E-state index in [2.05, 4.69) is 5.32 Å². The minimum Gasteiger partial charge on any atom is -0.494 e. The van der Waals surface area contributed by atoms with Gasteiger partial charge >= 0.3 is 0 Å². The summed E-state index contributed by atoms with van der Waals surface area (Å²) in [7, 11) is 1.36. The number of nitro benzene ring substituents is 1. The molecule has 0 unspecified atom stereocenters. The van der Waals surface area contributed by atoms with Gasteiger partial charge in [-0.1, -0.05) is 6.07 Å². The van der Waals surface area contributed by atoms with E-state index >= 15 is 0 Å². The number of hydrogen-bond acceptors (Lipinski definition) is 6. The minimum absolute atomic E-state index is 0.136. The Morgan fingerprint density at radius 3 is 2.79 bits per heavy atom. The molecule has 2 aromatic carbocycles. The van der Waals surface area contributed by atoms with Gasteiger partial charge < -0.3 is 14.8 Å². The van der Waals surface area contributed by atoms with Crippen LogP contribution in [0.5, 0.6) is 11.5 Å². The Morgan fingerprint density at radius 1 is 1.25 bits per heavy atom. The number of ether oxygens (including phenoxy) is 2. The van der Waals surface area contributed by atoms with Gasteiger partial charge in [0.15, 0.2) is 0 Å². The second-order valence-electron chi connectivity index (χ2n) is 5.66. The average molecular weight is 402 g/mol. The van der Waals surface area contributed by atoms with Crippen molar-refractivity contribution in [2.45, 2.75) is 6.61 Å². The molecular formula is C19H15FN2O5S. The van der Waals surface area contributed by atoms with E-state index in [9.17, 15) is 19.3 Å². The molecule has 144 valence electrons. The predicted molar refractivity (Wildman–Crippen MR) is 103 cm³/mol. The summed E-state index contributed by atoms with van der Waals surface area (Å²) in [6.45, 7) is 0.189. The van der Waals surface area contributed by atoms with Crippen molar-refractivity contribution < 1.29 is 23.6 Å². The van der Waals surface area contributed by atoms with Gasteiger partial charge in [0, 0.05) is 17.7 Å². The standard InChI is InChI=1S/C19H15FN2O5S/c1-26-17-9-14(22(24)25)5-6-16(17)21-19(23)18-7-12(11-28-18)10-27-15-4-2-3-13(20)8-15/h2-9,11H,10H2,1H3,(H,21,23). The molecule has 0 aliphatic carbocycles. The molecular weight excluding hydrogens is 387 g/mol. The van der Waals surface area contributed by atoms with Crippen molar-refractivity contribution in [2.75, 3.05) is 12.4 Å². The van der Waals surface area contributed by atoms with Gasteiger partial charge in [-0.25, -0.2) is 4.39 Å². The minimum atomic E-state index is -0.543. The molecule has 0 radical (unpaired) electrons. The molecule has 1 aromatic heterocycles. The molecule has 0 saturated carbocycles. The maximum atomic E-state index is 13.2. The van der Waals surface area contributed by atoms with Gasteiger partial charge in [0.25, 0.3) is 11.6 Å². The quantitative estimate of drug-likeness (QED) is 0.459. The maximum absolute atomic E-state index is 13.2. The molecule has 0 fully saturated rings. The second kappa shape index (κ2) is 8.49. The second-order valence-corrected chi connectivity index (χ2v) is 6.57. The zero-order valence-electron chi connectivity index (χ0n) is 14.7. The Balaban J connectivity index is 1.66. The number of methoxy groups -OCH3 is 1. The number of carbonyl (C=O) groups is 1. The number of anilines is 1. The van der Waals surface area contributed by atoms with E-state index in [1.165, 1.54) is 48.8 Å². The molecule has 0 aliphatic heterocycles. The molecule has 9 heteroatoms. The van der Waals surface area contributed by atoms with Crippen LogP contribution >= 0.6 is 11.3 Å². The molecule has 28 heavy (non-hydrogen) atoms. The van der Waals surface area contributed by atoms with Crippen molar-refractivity contribution in [1.29, 1.82) is 0 Å². The van der Waals surface area contributed by atoms with Crippen molar-refractivity contribution in [3.63, 3.8) is 0 Å². The number of nitrogens with zero attached hydrogens (tertiary/aromatic N) is 1. The summed E-state index contributed by atoms with van der Waals surface area (Å²) >= 11 is 1.22. The SMILES string of the molecule is COc1cc([N+](=O)[O-])ccc1NC(=O)c1cc(COc2cccc(F)c2)cs1. The summed E-state index contributed by atoms with van der Waals surface area (Å²) in [5, 5.41) is 15.3. The fraction of sp³-hybridized carbons (Fsp3) is 0.105. The van der Waals surface area contributed by atoms with E-state index < -0.39 is 4.92 Å². The van der Waals surface area contributed by atoms with Crippen molar-refractivity contribution in [3.8, 4) is 11.5 Å². The lowest BCUT2D eigenvalue weighted by molar-refractivity contribution is -0.384. The number of rotatable bonds is 7. The summed E-state index contributed by atoms with van der Waals surface area (Å²) in [6, 6.07) is 11.4. The number of thiophene rings is 1. The highest BCUT2D eigenvalue weighted by atomic mass is 32.1. The lowest BCUT2D eigenvalue weighted by atomic mass is 10.2. The molecule has 3 aromatic rings. The van der Waals surface area contributed by atoms with Crippen molar-refractivity contribution in [1.82, 2.24) is 0 Å². The lowest BCUT2D eigenvalue weighted by Crippen LogP contribution is -2.11. The van der Waals surface area contributed by atoms with Crippen molar-refractivity contribution in [3.05, 3.63) is 80.3 Å². The highest BCUT2D eigenvalue weighted by molar-refractivity contribution is 7.12. The Bertz CT molecular complexity index is 1020. The van der Waals surface area contributed by atoms with Crippen LogP contribution in [0.1, 0.15) is 15.2 Å². The molecule has 0 atom stereocenters. The Labute approximate surface area is 163 Å². The number of hydrogen-bond donors (Lipinski definition) is 1. The van der Waals surface area contributed by atoms with Crippen molar-refractivity contribution in [2.24, 2.45) is 0 Å². The average Bonchev–Trinajstić information content (AvgIpc) is 3.16. The highest BCUT2D eigenvalue weighted by Gasteiger charge is 2.15. The van der Waals surface area contributed by atoms with Gasteiger partial charge in [-0.2, -0.15) is 0 Å².